The highest BCUT2D eigenvalue weighted by Crippen LogP contribution is 2.18. The number of oxime groups is 1. The number of carbonyl (C=O) groups is 1. The first-order valence-electron chi connectivity index (χ1n) is 7.92. The summed E-state index contributed by atoms with van der Waals surface area (Å²) in [5, 5.41) is 4.12. The Labute approximate surface area is 125 Å². The zero-order valence-electron chi connectivity index (χ0n) is 14.3. The molecule has 3 nitrogen and oxygen atoms in total. The maximum absolute atomic E-state index is 11.7. The van der Waals surface area contributed by atoms with Crippen LogP contribution in [-0.4, -0.2) is 18.1 Å². The van der Waals surface area contributed by atoms with Crippen molar-refractivity contribution >= 4 is 11.5 Å². The van der Waals surface area contributed by atoms with E-state index in [2.05, 4.69) is 19.0 Å². The fourth-order valence-electron chi connectivity index (χ4n) is 1.70. The van der Waals surface area contributed by atoms with E-state index in [-0.39, 0.29) is 5.41 Å². The van der Waals surface area contributed by atoms with Crippen LogP contribution in [0.5, 0.6) is 0 Å². The number of ketones is 1. The number of unbranched alkanes of at least 4 members (excludes halogenated alkanes) is 2. The third kappa shape index (κ3) is 11.0. The molecular weight excluding hydrogens is 250 g/mol. The molecule has 0 aromatic carbocycles. The van der Waals surface area contributed by atoms with Crippen molar-refractivity contribution in [2.24, 2.45) is 16.5 Å². The highest BCUT2D eigenvalue weighted by atomic mass is 16.6. The van der Waals surface area contributed by atoms with E-state index in [1.165, 1.54) is 0 Å². The van der Waals surface area contributed by atoms with Crippen LogP contribution in [-0.2, 0) is 9.63 Å². The van der Waals surface area contributed by atoms with Gasteiger partial charge in [0.2, 0.25) is 0 Å². The van der Waals surface area contributed by atoms with E-state index in [1.54, 1.807) is 0 Å². The van der Waals surface area contributed by atoms with Crippen molar-refractivity contribution in [1.29, 1.82) is 0 Å². The lowest BCUT2D eigenvalue weighted by Gasteiger charge is -2.15. The molecule has 0 saturated heterocycles. The van der Waals surface area contributed by atoms with Crippen LogP contribution in [0.1, 0.15) is 80.1 Å². The van der Waals surface area contributed by atoms with Gasteiger partial charge in [0, 0.05) is 11.8 Å². The highest BCUT2D eigenvalue weighted by Gasteiger charge is 2.19. The Hall–Kier alpha value is -0.860. The summed E-state index contributed by atoms with van der Waals surface area (Å²) >= 11 is 0. The first kappa shape index (κ1) is 19.1. The molecular formula is C17H33NO2. The van der Waals surface area contributed by atoms with Crippen LogP contribution in [0.15, 0.2) is 5.16 Å². The maximum Gasteiger partial charge on any atom is 0.138 e. The topological polar surface area (TPSA) is 38.7 Å². The smallest absolute Gasteiger partial charge is 0.138 e. The summed E-state index contributed by atoms with van der Waals surface area (Å²) in [4.78, 5) is 17.0. The molecule has 0 fully saturated rings. The molecule has 0 bridgehead atoms. The Morgan fingerprint density at radius 3 is 2.30 bits per heavy atom. The molecule has 20 heavy (non-hydrogen) atoms. The van der Waals surface area contributed by atoms with Gasteiger partial charge in [0.1, 0.15) is 12.4 Å². The zero-order valence-corrected chi connectivity index (χ0v) is 14.3. The zero-order chi connectivity index (χ0) is 15.6. The molecule has 0 amide bonds. The van der Waals surface area contributed by atoms with E-state index in [9.17, 15) is 4.79 Å². The molecule has 0 saturated carbocycles. The lowest BCUT2D eigenvalue weighted by atomic mass is 9.88. The molecule has 118 valence electrons. The van der Waals surface area contributed by atoms with Crippen LogP contribution in [0.3, 0.4) is 0 Å². The van der Waals surface area contributed by atoms with Crippen molar-refractivity contribution in [3.63, 3.8) is 0 Å². The molecule has 0 aliphatic carbocycles. The number of Topliss-reactive ketones (excluding diaryl/α,β-unsaturated/α-hetero) is 1. The summed E-state index contributed by atoms with van der Waals surface area (Å²) in [7, 11) is 0. The van der Waals surface area contributed by atoms with E-state index in [0.717, 1.165) is 37.8 Å². The van der Waals surface area contributed by atoms with Gasteiger partial charge in [0.25, 0.3) is 0 Å². The average Bonchev–Trinajstić information content (AvgIpc) is 2.33. The van der Waals surface area contributed by atoms with Gasteiger partial charge in [-0.3, -0.25) is 4.79 Å². The molecule has 0 rings (SSSR count). The van der Waals surface area contributed by atoms with Crippen molar-refractivity contribution in [3.8, 4) is 0 Å². The second kappa shape index (κ2) is 9.95. The van der Waals surface area contributed by atoms with Gasteiger partial charge in [-0.2, -0.15) is 0 Å². The summed E-state index contributed by atoms with van der Waals surface area (Å²) in [6, 6.07) is 0. The second-order valence-corrected chi connectivity index (χ2v) is 7.08. The minimum atomic E-state index is -0.200. The largest absolute Gasteiger partial charge is 0.396 e. The van der Waals surface area contributed by atoms with Gasteiger partial charge in [-0.1, -0.05) is 39.8 Å². The van der Waals surface area contributed by atoms with E-state index in [1.807, 2.05) is 27.7 Å². The Bertz CT molecular complexity index is 301. The Morgan fingerprint density at radius 1 is 1.10 bits per heavy atom. The predicted octanol–water partition coefficient (Wildman–Crippen LogP) is 4.99. The van der Waals surface area contributed by atoms with Crippen LogP contribution in [0.25, 0.3) is 0 Å². The molecule has 0 heterocycles. The number of hydrogen-bond donors (Lipinski definition) is 0. The van der Waals surface area contributed by atoms with Crippen molar-refractivity contribution in [3.05, 3.63) is 0 Å². The molecule has 3 heteroatoms. The van der Waals surface area contributed by atoms with Crippen LogP contribution in [0, 0.1) is 11.3 Å². The molecule has 0 aromatic rings. The first-order valence-corrected chi connectivity index (χ1v) is 7.92. The lowest BCUT2D eigenvalue weighted by molar-refractivity contribution is -0.126. The minimum Gasteiger partial charge on any atom is -0.396 e. The first-order chi connectivity index (χ1) is 9.23. The van der Waals surface area contributed by atoms with E-state index >= 15 is 0 Å². The molecule has 0 unspecified atom stereocenters. The molecule has 0 aromatic heterocycles. The summed E-state index contributed by atoms with van der Waals surface area (Å²) in [6.07, 6.45) is 5.81. The monoisotopic (exact) mass is 283 g/mol. The average molecular weight is 283 g/mol. The van der Waals surface area contributed by atoms with Crippen molar-refractivity contribution in [2.75, 3.05) is 6.61 Å². The third-order valence-corrected chi connectivity index (χ3v) is 3.28. The van der Waals surface area contributed by atoms with Gasteiger partial charge < -0.3 is 4.84 Å². The van der Waals surface area contributed by atoms with E-state index in [0.29, 0.717) is 24.7 Å². The molecule has 0 aliphatic rings. The Morgan fingerprint density at radius 2 is 1.75 bits per heavy atom. The summed E-state index contributed by atoms with van der Waals surface area (Å²) < 4.78 is 0. The normalized spacial score (nSPS) is 12.8. The van der Waals surface area contributed by atoms with Gasteiger partial charge in [-0.15, -0.1) is 0 Å². The molecule has 0 aliphatic heterocycles. The standard InChI is InChI=1S/C17H33NO2/c1-14(2)11-12-15(3)18-20-13-9-7-8-10-16(19)17(4,5)6/h14H,7-13H2,1-6H3/b18-15+. The molecule has 0 N–H and O–H groups in total. The minimum absolute atomic E-state index is 0.200. The summed E-state index contributed by atoms with van der Waals surface area (Å²) in [6.45, 7) is 13.0. The van der Waals surface area contributed by atoms with Crippen LogP contribution < -0.4 is 0 Å². The van der Waals surface area contributed by atoms with Gasteiger partial charge in [0.05, 0.1) is 5.71 Å². The fraction of sp³-hybridized carbons (Fsp3) is 0.882. The number of nitrogens with zero attached hydrogens (tertiary/aromatic N) is 1. The Kier molecular flexibility index (Phi) is 9.52. The van der Waals surface area contributed by atoms with Gasteiger partial charge in [-0.05, 0) is 44.9 Å². The summed E-state index contributed by atoms with van der Waals surface area (Å²) in [5.74, 6) is 1.06. The van der Waals surface area contributed by atoms with Crippen molar-refractivity contribution in [1.82, 2.24) is 0 Å². The Balaban J connectivity index is 3.54. The molecule has 0 spiro atoms. The number of hydrogen-bond acceptors (Lipinski definition) is 3. The second-order valence-electron chi connectivity index (χ2n) is 7.08. The van der Waals surface area contributed by atoms with Crippen molar-refractivity contribution < 1.29 is 9.63 Å². The van der Waals surface area contributed by atoms with Crippen molar-refractivity contribution in [2.45, 2.75) is 80.1 Å². The van der Waals surface area contributed by atoms with E-state index < -0.39 is 0 Å². The highest BCUT2D eigenvalue weighted by molar-refractivity contribution is 5.83. The quantitative estimate of drug-likeness (QED) is 0.322. The van der Waals surface area contributed by atoms with Gasteiger partial charge >= 0.3 is 0 Å². The molecule has 0 radical (unpaired) electrons. The van der Waals surface area contributed by atoms with Gasteiger partial charge in [-0.25, -0.2) is 0 Å². The molecule has 0 atom stereocenters. The third-order valence-electron chi connectivity index (χ3n) is 3.28. The van der Waals surface area contributed by atoms with E-state index in [4.69, 9.17) is 4.84 Å². The fourth-order valence-corrected chi connectivity index (χ4v) is 1.70. The predicted molar refractivity (Wildman–Crippen MR) is 86.1 cm³/mol. The lowest BCUT2D eigenvalue weighted by Crippen LogP contribution is -2.19. The van der Waals surface area contributed by atoms with Crippen LogP contribution in [0.4, 0.5) is 0 Å². The van der Waals surface area contributed by atoms with Gasteiger partial charge in [0.15, 0.2) is 0 Å². The number of carbonyl (C=O) groups excluding carboxylic acids is 1. The maximum atomic E-state index is 11.7. The summed E-state index contributed by atoms with van der Waals surface area (Å²) in [5.41, 5.74) is 0.871. The SMILES string of the molecule is C/C(CCC(C)C)=N\OCCCCCC(=O)C(C)(C)C. The van der Waals surface area contributed by atoms with Crippen LogP contribution in [0.2, 0.25) is 0 Å². The number of rotatable bonds is 10. The van der Waals surface area contributed by atoms with Crippen LogP contribution >= 0.6 is 0 Å².